The van der Waals surface area contributed by atoms with Crippen LogP contribution in [0.5, 0.6) is 0 Å². The minimum atomic E-state index is -1.02. The van der Waals surface area contributed by atoms with Gasteiger partial charge in [0.25, 0.3) is 0 Å². The molecule has 36 heavy (non-hydrogen) atoms. The molecule has 0 aromatic heterocycles. The van der Waals surface area contributed by atoms with Crippen molar-refractivity contribution >= 4 is 28.7 Å². The molecule has 4 atom stereocenters. The smallest absolute Gasteiger partial charge is 0.234 e. The van der Waals surface area contributed by atoms with E-state index in [-0.39, 0.29) is 24.1 Å². The van der Waals surface area contributed by atoms with Crippen LogP contribution in [0.1, 0.15) is 43.4 Å². The summed E-state index contributed by atoms with van der Waals surface area (Å²) in [5.41, 5.74) is 2.66. The predicted octanol–water partition coefficient (Wildman–Crippen LogP) is 5.79. The molecular weight excluding hydrogens is 446 g/mol. The van der Waals surface area contributed by atoms with Gasteiger partial charge >= 0.3 is 0 Å². The lowest BCUT2D eigenvalue weighted by atomic mass is 9.60. The number of Topliss-reactive ketones (excluding diaryl/α,β-unsaturated/α-hetero) is 1. The second kappa shape index (κ2) is 8.12. The van der Waals surface area contributed by atoms with Crippen molar-refractivity contribution in [3.63, 3.8) is 0 Å². The predicted molar refractivity (Wildman–Crippen MR) is 139 cm³/mol. The fourth-order valence-electron chi connectivity index (χ4n) is 7.43. The van der Waals surface area contributed by atoms with Crippen molar-refractivity contribution in [3.05, 3.63) is 108 Å². The Balaban J connectivity index is 1.62. The van der Waals surface area contributed by atoms with E-state index in [0.29, 0.717) is 12.8 Å². The van der Waals surface area contributed by atoms with Gasteiger partial charge in [0.05, 0.1) is 29.2 Å². The molecule has 2 bridgehead atoms. The Kier molecular flexibility index (Phi) is 5.11. The quantitative estimate of drug-likeness (QED) is 0.424. The number of ketones is 1. The number of rotatable bonds is 6. The molecule has 6 rings (SSSR count). The van der Waals surface area contributed by atoms with E-state index in [1.807, 2.05) is 105 Å². The van der Waals surface area contributed by atoms with Crippen LogP contribution < -0.4 is 0 Å². The van der Waals surface area contributed by atoms with Gasteiger partial charge in [0, 0.05) is 0 Å². The number of allylic oxidation sites excluding steroid dienone is 2. The van der Waals surface area contributed by atoms with Gasteiger partial charge in [0.15, 0.2) is 5.78 Å². The Labute approximate surface area is 211 Å². The van der Waals surface area contributed by atoms with E-state index in [4.69, 9.17) is 0 Å². The number of imide groups is 1. The van der Waals surface area contributed by atoms with Crippen LogP contribution in [-0.2, 0) is 20.9 Å². The van der Waals surface area contributed by atoms with E-state index in [9.17, 15) is 14.4 Å². The first-order chi connectivity index (χ1) is 17.5. The Hall–Kier alpha value is -3.79. The summed E-state index contributed by atoms with van der Waals surface area (Å²) in [6.45, 7) is 4.23. The number of nitrogens with zero attached hydrogens (tertiary/aromatic N) is 1. The molecule has 180 valence electrons. The average molecular weight is 476 g/mol. The third kappa shape index (κ3) is 2.67. The van der Waals surface area contributed by atoms with Crippen LogP contribution in [0.15, 0.2) is 91.0 Å². The van der Waals surface area contributed by atoms with Crippen LogP contribution in [-0.4, -0.2) is 22.5 Å². The van der Waals surface area contributed by atoms with Gasteiger partial charge in [0.1, 0.15) is 0 Å². The largest absolute Gasteiger partial charge is 0.298 e. The van der Waals surface area contributed by atoms with E-state index in [0.717, 1.165) is 27.8 Å². The van der Waals surface area contributed by atoms with Gasteiger partial charge in [-0.15, -0.1) is 0 Å². The number of hydrogen-bond acceptors (Lipinski definition) is 3. The Bertz CT molecular complexity index is 1310. The summed E-state index contributed by atoms with van der Waals surface area (Å²) >= 11 is 0. The van der Waals surface area contributed by atoms with Crippen molar-refractivity contribution in [3.8, 4) is 0 Å². The highest BCUT2D eigenvalue weighted by molar-refractivity contribution is 6.29. The topological polar surface area (TPSA) is 54.5 Å². The zero-order chi connectivity index (χ0) is 25.1. The van der Waals surface area contributed by atoms with Crippen molar-refractivity contribution in [1.29, 1.82) is 0 Å². The van der Waals surface area contributed by atoms with Gasteiger partial charge < -0.3 is 0 Å². The number of amides is 2. The van der Waals surface area contributed by atoms with Gasteiger partial charge in [-0.1, -0.05) is 105 Å². The third-order valence-electron chi connectivity index (χ3n) is 8.84. The first kappa shape index (κ1) is 22.7. The maximum Gasteiger partial charge on any atom is 0.234 e. The molecule has 0 radical (unpaired) electrons. The van der Waals surface area contributed by atoms with Gasteiger partial charge in [-0.25, -0.2) is 0 Å². The standard InChI is InChI=1S/C32H29NO3/c1-3-31-24(22-16-10-6-11-17-22)25(23-18-12-7-13-19-23)32(4-2,30(31)36)27-26(31)28(34)33(29(27)35)20-21-14-8-5-9-15-21/h5-19,26-27H,3-4,20H2,1-2H3. The minimum absolute atomic E-state index is 0.0498. The lowest BCUT2D eigenvalue weighted by Crippen LogP contribution is -2.41. The van der Waals surface area contributed by atoms with Crippen molar-refractivity contribution in [2.24, 2.45) is 22.7 Å². The molecule has 4 nitrogen and oxygen atoms in total. The lowest BCUT2D eigenvalue weighted by molar-refractivity contribution is -0.146. The number of carbonyl (C=O) groups is 3. The van der Waals surface area contributed by atoms with Crippen molar-refractivity contribution in [1.82, 2.24) is 4.90 Å². The first-order valence-corrected chi connectivity index (χ1v) is 12.8. The molecule has 0 N–H and O–H groups in total. The third-order valence-corrected chi connectivity index (χ3v) is 8.84. The maximum atomic E-state index is 14.6. The molecule has 0 spiro atoms. The lowest BCUT2D eigenvalue weighted by Gasteiger charge is -2.38. The second-order valence-electron chi connectivity index (χ2n) is 10.2. The first-order valence-electron chi connectivity index (χ1n) is 12.8. The van der Waals surface area contributed by atoms with Crippen molar-refractivity contribution in [2.75, 3.05) is 0 Å². The summed E-state index contributed by atoms with van der Waals surface area (Å²) < 4.78 is 0. The molecule has 1 saturated heterocycles. The Morgan fingerprint density at radius 1 is 0.611 bits per heavy atom. The van der Waals surface area contributed by atoms with Crippen molar-refractivity contribution in [2.45, 2.75) is 33.2 Å². The molecule has 4 heteroatoms. The van der Waals surface area contributed by atoms with E-state index in [2.05, 4.69) is 0 Å². The normalized spacial score (nSPS) is 28.8. The highest BCUT2D eigenvalue weighted by Gasteiger charge is 2.80. The SMILES string of the molecule is CCC12C(=O)C(CC)(C(c3ccccc3)=C1c1ccccc1)C1C(=O)N(Cc3ccccc3)C(=O)C12. The summed E-state index contributed by atoms with van der Waals surface area (Å²) in [6.07, 6.45) is 0.959. The number of likely N-dealkylation sites (tertiary alicyclic amines) is 1. The van der Waals surface area contributed by atoms with Gasteiger partial charge in [-0.05, 0) is 40.7 Å². The molecule has 1 saturated carbocycles. The van der Waals surface area contributed by atoms with Crippen molar-refractivity contribution < 1.29 is 14.4 Å². The zero-order valence-electron chi connectivity index (χ0n) is 20.6. The molecule has 3 aromatic carbocycles. The monoisotopic (exact) mass is 475 g/mol. The van der Waals surface area contributed by atoms with E-state index in [1.54, 1.807) is 0 Å². The molecule has 2 fully saturated rings. The zero-order valence-corrected chi connectivity index (χ0v) is 20.6. The molecule has 3 aromatic rings. The van der Waals surface area contributed by atoms with E-state index in [1.165, 1.54) is 4.90 Å². The Morgan fingerprint density at radius 2 is 1.00 bits per heavy atom. The van der Waals surface area contributed by atoms with E-state index >= 15 is 0 Å². The number of benzene rings is 3. The summed E-state index contributed by atoms with van der Waals surface area (Å²) in [7, 11) is 0. The molecule has 4 unspecified atom stereocenters. The van der Waals surface area contributed by atoms with Crippen LogP contribution in [0.25, 0.3) is 11.1 Å². The molecule has 2 amide bonds. The summed E-state index contributed by atoms with van der Waals surface area (Å²) in [4.78, 5) is 44.3. The van der Waals surface area contributed by atoms with Crippen LogP contribution >= 0.6 is 0 Å². The minimum Gasteiger partial charge on any atom is -0.298 e. The molecule has 2 aliphatic carbocycles. The van der Waals surface area contributed by atoms with Gasteiger partial charge in [0.2, 0.25) is 11.8 Å². The Morgan fingerprint density at radius 3 is 1.39 bits per heavy atom. The summed E-state index contributed by atoms with van der Waals surface area (Å²) in [5.74, 6) is -1.71. The highest BCUT2D eigenvalue weighted by atomic mass is 16.2. The van der Waals surface area contributed by atoms with E-state index < -0.39 is 22.7 Å². The second-order valence-corrected chi connectivity index (χ2v) is 10.2. The molecular formula is C32H29NO3. The molecule has 1 heterocycles. The average Bonchev–Trinajstić information content (AvgIpc) is 3.42. The highest BCUT2D eigenvalue weighted by Crippen LogP contribution is 2.75. The van der Waals surface area contributed by atoms with Crippen LogP contribution in [0, 0.1) is 22.7 Å². The molecule has 1 aliphatic heterocycles. The van der Waals surface area contributed by atoms with Gasteiger partial charge in [-0.3, -0.25) is 19.3 Å². The van der Waals surface area contributed by atoms with Gasteiger partial charge in [-0.2, -0.15) is 0 Å². The van der Waals surface area contributed by atoms with Crippen LogP contribution in [0.3, 0.4) is 0 Å². The summed E-state index contributed by atoms with van der Waals surface area (Å²) in [5, 5.41) is 0. The van der Waals surface area contributed by atoms with Crippen LogP contribution in [0.2, 0.25) is 0 Å². The number of fused-ring (bicyclic) bond motifs is 5. The molecule has 3 aliphatic rings. The van der Waals surface area contributed by atoms with Crippen LogP contribution in [0.4, 0.5) is 0 Å². The fourth-order valence-corrected chi connectivity index (χ4v) is 7.43. The summed E-state index contributed by atoms with van der Waals surface area (Å²) in [6, 6.07) is 29.6. The fraction of sp³-hybridized carbons (Fsp3) is 0.281. The number of carbonyl (C=O) groups excluding carboxylic acids is 3. The number of hydrogen-bond donors (Lipinski definition) is 0. The maximum absolute atomic E-state index is 14.6.